The van der Waals surface area contributed by atoms with Gasteiger partial charge in [-0.2, -0.15) is 4.31 Å². The van der Waals surface area contributed by atoms with Crippen LogP contribution in [-0.2, 0) is 10.0 Å². The Morgan fingerprint density at radius 2 is 2.15 bits per heavy atom. The molecule has 1 heterocycles. The highest BCUT2D eigenvalue weighted by molar-refractivity contribution is 7.89. The minimum atomic E-state index is -3.79. The molecule has 1 aliphatic rings. The van der Waals surface area contributed by atoms with Crippen molar-refractivity contribution in [1.82, 2.24) is 4.31 Å². The first-order valence-corrected chi connectivity index (χ1v) is 8.29. The number of hydrogen-bond donors (Lipinski definition) is 1. The maximum Gasteiger partial charge on any atom is 0.246 e. The van der Waals surface area contributed by atoms with E-state index < -0.39 is 15.8 Å². The number of sulfonamides is 1. The molecule has 4 nitrogen and oxygen atoms in total. The third-order valence-corrected chi connectivity index (χ3v) is 5.97. The van der Waals surface area contributed by atoms with Gasteiger partial charge in [-0.1, -0.05) is 12.1 Å². The zero-order valence-electron chi connectivity index (χ0n) is 11.8. The van der Waals surface area contributed by atoms with E-state index in [9.17, 15) is 12.8 Å². The predicted octanol–water partition coefficient (Wildman–Crippen LogP) is 1.88. The first kappa shape index (κ1) is 15.4. The minimum Gasteiger partial charge on any atom is -0.328 e. The molecule has 2 rings (SSSR count). The van der Waals surface area contributed by atoms with Crippen LogP contribution in [0.2, 0.25) is 0 Å². The summed E-state index contributed by atoms with van der Waals surface area (Å²) in [7, 11) is -3.79. The quantitative estimate of drug-likeness (QED) is 0.927. The first-order valence-electron chi connectivity index (χ1n) is 6.85. The average molecular weight is 300 g/mol. The van der Waals surface area contributed by atoms with E-state index in [0.29, 0.717) is 18.7 Å². The molecule has 20 heavy (non-hydrogen) atoms. The Balaban J connectivity index is 2.35. The van der Waals surface area contributed by atoms with Crippen molar-refractivity contribution < 1.29 is 12.8 Å². The summed E-state index contributed by atoms with van der Waals surface area (Å²) in [4.78, 5) is -0.203. The number of halogens is 1. The Labute approximate surface area is 119 Å². The summed E-state index contributed by atoms with van der Waals surface area (Å²) in [5.41, 5.74) is 6.31. The van der Waals surface area contributed by atoms with Crippen molar-refractivity contribution in [3.05, 3.63) is 29.6 Å². The van der Waals surface area contributed by atoms with Gasteiger partial charge in [0.25, 0.3) is 0 Å². The molecule has 0 radical (unpaired) electrons. The molecule has 0 amide bonds. The van der Waals surface area contributed by atoms with E-state index >= 15 is 0 Å². The van der Waals surface area contributed by atoms with Crippen molar-refractivity contribution in [3.8, 4) is 0 Å². The molecular weight excluding hydrogens is 279 g/mol. The zero-order valence-corrected chi connectivity index (χ0v) is 12.7. The van der Waals surface area contributed by atoms with Gasteiger partial charge in [-0.05, 0) is 44.2 Å². The first-order chi connectivity index (χ1) is 9.34. The second-order valence-electron chi connectivity index (χ2n) is 5.51. The second-order valence-corrected chi connectivity index (χ2v) is 7.39. The van der Waals surface area contributed by atoms with Crippen molar-refractivity contribution in [2.45, 2.75) is 37.6 Å². The lowest BCUT2D eigenvalue weighted by Gasteiger charge is -2.34. The highest BCUT2D eigenvalue weighted by atomic mass is 32.2. The average Bonchev–Trinajstić information content (AvgIpc) is 2.38. The Morgan fingerprint density at radius 1 is 1.45 bits per heavy atom. The van der Waals surface area contributed by atoms with Crippen LogP contribution in [0.4, 0.5) is 4.39 Å². The van der Waals surface area contributed by atoms with Gasteiger partial charge in [-0.15, -0.1) is 0 Å². The van der Waals surface area contributed by atoms with Gasteiger partial charge in [-0.3, -0.25) is 0 Å². The summed E-state index contributed by atoms with van der Waals surface area (Å²) in [5.74, 6) is -0.557. The molecule has 0 spiro atoms. The lowest BCUT2D eigenvalue weighted by Crippen LogP contribution is -2.45. The third-order valence-electron chi connectivity index (χ3n) is 3.93. The van der Waals surface area contributed by atoms with Crippen LogP contribution >= 0.6 is 0 Å². The SMILES string of the molecule is Cc1cccc(F)c1S(=O)(=O)N1CCC[C@H]([C@@H](C)N)C1. The van der Waals surface area contributed by atoms with E-state index in [0.717, 1.165) is 12.8 Å². The fourth-order valence-electron chi connectivity index (χ4n) is 2.69. The normalized spacial score (nSPS) is 22.7. The van der Waals surface area contributed by atoms with E-state index in [-0.39, 0.29) is 16.9 Å². The van der Waals surface area contributed by atoms with Crippen LogP contribution in [0, 0.1) is 18.7 Å². The van der Waals surface area contributed by atoms with E-state index in [1.165, 1.54) is 16.4 Å². The molecule has 1 fully saturated rings. The fourth-order valence-corrected chi connectivity index (χ4v) is 4.50. The summed E-state index contributed by atoms with van der Waals surface area (Å²) in [5, 5.41) is 0. The van der Waals surface area contributed by atoms with E-state index in [2.05, 4.69) is 0 Å². The standard InChI is InChI=1S/C14H21FN2O2S/c1-10-5-3-7-13(15)14(10)20(18,19)17-8-4-6-12(9-17)11(2)16/h3,5,7,11-12H,4,6,8-9,16H2,1-2H3/t11-,12+/m1/s1. The Kier molecular flexibility index (Phi) is 4.46. The van der Waals surface area contributed by atoms with Crippen molar-refractivity contribution in [1.29, 1.82) is 0 Å². The van der Waals surface area contributed by atoms with Gasteiger partial charge >= 0.3 is 0 Å². The van der Waals surface area contributed by atoms with Crippen LogP contribution in [0.25, 0.3) is 0 Å². The molecule has 1 aliphatic heterocycles. The van der Waals surface area contributed by atoms with Gasteiger partial charge in [0.15, 0.2) is 0 Å². The van der Waals surface area contributed by atoms with E-state index in [1.807, 2.05) is 6.92 Å². The number of aryl methyl sites for hydroxylation is 1. The molecule has 0 saturated carbocycles. The summed E-state index contributed by atoms with van der Waals surface area (Å²) in [6.07, 6.45) is 1.68. The lowest BCUT2D eigenvalue weighted by atomic mass is 9.93. The van der Waals surface area contributed by atoms with E-state index in [1.54, 1.807) is 13.0 Å². The number of benzene rings is 1. The summed E-state index contributed by atoms with van der Waals surface area (Å²) in [6.45, 7) is 4.30. The molecule has 6 heteroatoms. The lowest BCUT2D eigenvalue weighted by molar-refractivity contribution is 0.242. The molecule has 1 saturated heterocycles. The fraction of sp³-hybridized carbons (Fsp3) is 0.571. The largest absolute Gasteiger partial charge is 0.328 e. The number of hydrogen-bond acceptors (Lipinski definition) is 3. The summed E-state index contributed by atoms with van der Waals surface area (Å²) in [6, 6.07) is 4.26. The number of rotatable bonds is 3. The van der Waals surface area contributed by atoms with Gasteiger partial charge in [-0.25, -0.2) is 12.8 Å². The van der Waals surface area contributed by atoms with Crippen LogP contribution < -0.4 is 5.73 Å². The predicted molar refractivity (Wildman–Crippen MR) is 76.3 cm³/mol. The third kappa shape index (κ3) is 2.87. The molecule has 2 N–H and O–H groups in total. The van der Waals surface area contributed by atoms with Crippen LogP contribution in [0.3, 0.4) is 0 Å². The van der Waals surface area contributed by atoms with Gasteiger partial charge in [0, 0.05) is 19.1 Å². The highest BCUT2D eigenvalue weighted by Crippen LogP contribution is 2.28. The van der Waals surface area contributed by atoms with Crippen molar-refractivity contribution in [2.75, 3.05) is 13.1 Å². The van der Waals surface area contributed by atoms with Crippen LogP contribution in [0.5, 0.6) is 0 Å². The Bertz CT molecular complexity index is 567. The molecule has 1 aromatic rings. The van der Waals surface area contributed by atoms with Crippen molar-refractivity contribution >= 4 is 10.0 Å². The molecular formula is C14H21FN2O2S. The summed E-state index contributed by atoms with van der Waals surface area (Å²) < 4.78 is 40.6. The topological polar surface area (TPSA) is 63.4 Å². The minimum absolute atomic E-state index is 0.0604. The van der Waals surface area contributed by atoms with Gasteiger partial charge in [0.05, 0.1) is 0 Å². The Hall–Kier alpha value is -0.980. The maximum absolute atomic E-state index is 13.9. The molecule has 1 aromatic carbocycles. The maximum atomic E-state index is 13.9. The molecule has 112 valence electrons. The van der Waals surface area contributed by atoms with Crippen molar-refractivity contribution in [3.63, 3.8) is 0 Å². The van der Waals surface area contributed by atoms with Crippen LogP contribution in [0.15, 0.2) is 23.1 Å². The number of nitrogens with two attached hydrogens (primary N) is 1. The monoisotopic (exact) mass is 300 g/mol. The molecule has 0 aromatic heterocycles. The Morgan fingerprint density at radius 3 is 2.75 bits per heavy atom. The van der Waals surface area contributed by atoms with E-state index in [4.69, 9.17) is 5.73 Å². The van der Waals surface area contributed by atoms with Gasteiger partial charge in [0.1, 0.15) is 10.7 Å². The highest BCUT2D eigenvalue weighted by Gasteiger charge is 2.33. The molecule has 0 bridgehead atoms. The molecule has 2 atom stereocenters. The smallest absolute Gasteiger partial charge is 0.246 e. The van der Waals surface area contributed by atoms with Gasteiger partial charge in [0.2, 0.25) is 10.0 Å². The van der Waals surface area contributed by atoms with Gasteiger partial charge < -0.3 is 5.73 Å². The number of nitrogens with zero attached hydrogens (tertiary/aromatic N) is 1. The molecule has 0 unspecified atom stereocenters. The molecule has 0 aliphatic carbocycles. The number of piperidine rings is 1. The second kappa shape index (κ2) is 5.79. The van der Waals surface area contributed by atoms with Crippen LogP contribution in [0.1, 0.15) is 25.3 Å². The van der Waals surface area contributed by atoms with Crippen molar-refractivity contribution in [2.24, 2.45) is 11.7 Å². The van der Waals surface area contributed by atoms with Crippen LogP contribution in [-0.4, -0.2) is 31.9 Å². The summed E-state index contributed by atoms with van der Waals surface area (Å²) >= 11 is 0. The zero-order chi connectivity index (χ0) is 14.9.